The van der Waals surface area contributed by atoms with Crippen molar-refractivity contribution in [3.8, 4) is 11.5 Å². The Labute approximate surface area is 150 Å². The molecule has 6 heteroatoms. The minimum Gasteiger partial charge on any atom is -0.493 e. The first-order chi connectivity index (χ1) is 11.4. The number of carbonyl (C=O) groups excluding carboxylic acids is 2. The van der Waals surface area contributed by atoms with E-state index in [0.717, 1.165) is 0 Å². The van der Waals surface area contributed by atoms with Crippen molar-refractivity contribution in [2.24, 2.45) is 5.92 Å². The molecule has 2 aromatic rings. The van der Waals surface area contributed by atoms with Gasteiger partial charge in [-0.3, -0.25) is 4.79 Å². The summed E-state index contributed by atoms with van der Waals surface area (Å²) in [5.41, 5.74) is 0.424. The summed E-state index contributed by atoms with van der Waals surface area (Å²) in [6.07, 6.45) is 0.531. The van der Waals surface area contributed by atoms with Gasteiger partial charge in [0.05, 0.1) is 22.8 Å². The molecule has 2 rings (SSSR count). The molecule has 0 atom stereocenters. The van der Waals surface area contributed by atoms with Gasteiger partial charge in [0.2, 0.25) is 0 Å². The topological polar surface area (TPSA) is 52.6 Å². The third-order valence-corrected chi connectivity index (χ3v) is 3.53. The third-order valence-electron chi connectivity index (χ3n) is 3.03. The highest BCUT2D eigenvalue weighted by atomic mass is 35.5. The smallest absolute Gasteiger partial charge is 0.343 e. The van der Waals surface area contributed by atoms with Gasteiger partial charge in [0.25, 0.3) is 0 Å². The van der Waals surface area contributed by atoms with Crippen molar-refractivity contribution in [3.63, 3.8) is 0 Å². The predicted octanol–water partition coefficient (Wildman–Crippen LogP) is 5.06. The van der Waals surface area contributed by atoms with Crippen LogP contribution >= 0.6 is 23.2 Å². The van der Waals surface area contributed by atoms with E-state index in [1.165, 1.54) is 12.1 Å². The first kappa shape index (κ1) is 18.3. The molecule has 0 radical (unpaired) electrons. The number of halogens is 2. The van der Waals surface area contributed by atoms with E-state index in [0.29, 0.717) is 30.1 Å². The largest absolute Gasteiger partial charge is 0.493 e. The Balaban J connectivity index is 2.14. The Kier molecular flexibility index (Phi) is 6.23. The van der Waals surface area contributed by atoms with Crippen molar-refractivity contribution in [2.45, 2.75) is 13.8 Å². The van der Waals surface area contributed by atoms with Gasteiger partial charge in [-0.15, -0.1) is 0 Å². The molecule has 0 N–H and O–H groups in total. The van der Waals surface area contributed by atoms with E-state index < -0.39 is 5.97 Å². The van der Waals surface area contributed by atoms with Crippen LogP contribution in [-0.4, -0.2) is 18.9 Å². The Morgan fingerprint density at radius 1 is 1.17 bits per heavy atom. The first-order valence-electron chi connectivity index (χ1n) is 7.30. The minimum atomic E-state index is -0.627. The summed E-state index contributed by atoms with van der Waals surface area (Å²) < 4.78 is 10.8. The lowest BCUT2D eigenvalue weighted by Crippen LogP contribution is -2.10. The van der Waals surface area contributed by atoms with Crippen LogP contribution in [0.5, 0.6) is 11.5 Å². The molecule has 0 aliphatic heterocycles. The Bertz CT molecular complexity index is 739. The molecular formula is C18H16Cl2O4. The molecule has 0 aliphatic rings. The number of esters is 1. The maximum Gasteiger partial charge on any atom is 0.343 e. The van der Waals surface area contributed by atoms with Gasteiger partial charge in [-0.05, 0) is 42.3 Å². The average Bonchev–Trinajstić information content (AvgIpc) is 2.55. The summed E-state index contributed by atoms with van der Waals surface area (Å²) in [6.45, 7) is 4.69. The van der Waals surface area contributed by atoms with Crippen LogP contribution in [0.25, 0.3) is 0 Å². The normalized spacial score (nSPS) is 10.5. The molecule has 24 heavy (non-hydrogen) atoms. The molecular weight excluding hydrogens is 351 g/mol. The quantitative estimate of drug-likeness (QED) is 0.407. The number of carbonyl (C=O) groups is 2. The highest BCUT2D eigenvalue weighted by molar-refractivity contribution is 6.36. The summed E-state index contributed by atoms with van der Waals surface area (Å²) in [5, 5.41) is 0.378. The number of ether oxygens (including phenoxy) is 2. The molecule has 0 saturated carbocycles. The van der Waals surface area contributed by atoms with Crippen molar-refractivity contribution in [1.82, 2.24) is 0 Å². The standard InChI is InChI=1S/C18H16Cl2O4/c1-11(2)10-23-15-5-3-12(4-6-15)18(22)24-17-13(9-21)7-14(19)8-16(17)20/h3-9,11H,10H2,1-2H3. The van der Waals surface area contributed by atoms with Gasteiger partial charge in [-0.25, -0.2) is 4.79 Å². The minimum absolute atomic E-state index is 0.0128. The summed E-state index contributed by atoms with van der Waals surface area (Å²) in [7, 11) is 0. The molecule has 0 unspecified atom stereocenters. The number of aldehydes is 1. The van der Waals surface area contributed by atoms with Crippen LogP contribution in [-0.2, 0) is 0 Å². The fourth-order valence-electron chi connectivity index (χ4n) is 1.88. The summed E-state index contributed by atoms with van der Waals surface area (Å²) in [5.74, 6) is 0.431. The number of benzene rings is 2. The second-order valence-electron chi connectivity index (χ2n) is 5.54. The van der Waals surface area contributed by atoms with E-state index in [4.69, 9.17) is 32.7 Å². The Morgan fingerprint density at radius 2 is 1.83 bits per heavy atom. The van der Waals surface area contributed by atoms with Gasteiger partial charge < -0.3 is 9.47 Å². The van der Waals surface area contributed by atoms with Crippen LogP contribution < -0.4 is 9.47 Å². The van der Waals surface area contributed by atoms with Crippen molar-refractivity contribution in [3.05, 3.63) is 57.6 Å². The zero-order valence-electron chi connectivity index (χ0n) is 13.2. The van der Waals surface area contributed by atoms with Gasteiger partial charge in [-0.1, -0.05) is 37.0 Å². The van der Waals surface area contributed by atoms with E-state index in [9.17, 15) is 9.59 Å². The summed E-state index contributed by atoms with van der Waals surface area (Å²) >= 11 is 11.8. The summed E-state index contributed by atoms with van der Waals surface area (Å²) in [4.78, 5) is 23.3. The van der Waals surface area contributed by atoms with Crippen molar-refractivity contribution in [1.29, 1.82) is 0 Å². The van der Waals surface area contributed by atoms with E-state index in [1.807, 2.05) is 13.8 Å². The SMILES string of the molecule is CC(C)COc1ccc(C(=O)Oc2c(Cl)cc(Cl)cc2C=O)cc1. The molecule has 0 bridgehead atoms. The Morgan fingerprint density at radius 3 is 2.42 bits per heavy atom. The fourth-order valence-corrected chi connectivity index (χ4v) is 2.42. The molecule has 4 nitrogen and oxygen atoms in total. The molecule has 0 fully saturated rings. The fraction of sp³-hybridized carbons (Fsp3) is 0.222. The van der Waals surface area contributed by atoms with Crippen LogP contribution in [0.1, 0.15) is 34.6 Å². The van der Waals surface area contributed by atoms with Gasteiger partial charge in [-0.2, -0.15) is 0 Å². The van der Waals surface area contributed by atoms with E-state index in [2.05, 4.69) is 0 Å². The first-order valence-corrected chi connectivity index (χ1v) is 8.05. The maximum atomic E-state index is 12.2. The van der Waals surface area contributed by atoms with Crippen molar-refractivity contribution < 1.29 is 19.1 Å². The molecule has 2 aromatic carbocycles. The van der Waals surface area contributed by atoms with Gasteiger partial charge in [0.15, 0.2) is 12.0 Å². The van der Waals surface area contributed by atoms with Crippen molar-refractivity contribution >= 4 is 35.5 Å². The second-order valence-corrected chi connectivity index (χ2v) is 6.39. The summed E-state index contributed by atoms with van der Waals surface area (Å²) in [6, 6.07) is 9.32. The van der Waals surface area contributed by atoms with Crippen LogP contribution in [0, 0.1) is 5.92 Å². The number of hydrogen-bond donors (Lipinski definition) is 0. The molecule has 0 amide bonds. The zero-order valence-corrected chi connectivity index (χ0v) is 14.7. The number of hydrogen-bond acceptors (Lipinski definition) is 4. The lowest BCUT2D eigenvalue weighted by molar-refractivity contribution is 0.0733. The maximum absolute atomic E-state index is 12.2. The lowest BCUT2D eigenvalue weighted by atomic mass is 10.2. The van der Waals surface area contributed by atoms with Gasteiger partial charge in [0.1, 0.15) is 5.75 Å². The molecule has 0 aromatic heterocycles. The number of rotatable bonds is 6. The predicted molar refractivity (Wildman–Crippen MR) is 93.6 cm³/mol. The lowest BCUT2D eigenvalue weighted by Gasteiger charge is -2.11. The van der Waals surface area contributed by atoms with Crippen LogP contribution in [0.15, 0.2) is 36.4 Å². The van der Waals surface area contributed by atoms with Gasteiger partial charge in [0, 0.05) is 5.02 Å². The van der Waals surface area contributed by atoms with E-state index >= 15 is 0 Å². The van der Waals surface area contributed by atoms with E-state index in [1.54, 1.807) is 24.3 Å². The molecule has 0 aliphatic carbocycles. The van der Waals surface area contributed by atoms with E-state index in [-0.39, 0.29) is 21.4 Å². The van der Waals surface area contributed by atoms with Crippen molar-refractivity contribution in [2.75, 3.05) is 6.61 Å². The molecule has 0 spiro atoms. The second kappa shape index (κ2) is 8.18. The average molecular weight is 367 g/mol. The highest BCUT2D eigenvalue weighted by Crippen LogP contribution is 2.32. The van der Waals surface area contributed by atoms with Gasteiger partial charge >= 0.3 is 5.97 Å². The zero-order chi connectivity index (χ0) is 17.7. The molecule has 0 heterocycles. The van der Waals surface area contributed by atoms with Crippen LogP contribution in [0.3, 0.4) is 0 Å². The Hall–Kier alpha value is -2.04. The highest BCUT2D eigenvalue weighted by Gasteiger charge is 2.16. The third kappa shape index (κ3) is 4.73. The van der Waals surface area contributed by atoms with Crippen LogP contribution in [0.4, 0.5) is 0 Å². The molecule has 0 saturated heterocycles. The molecule has 126 valence electrons. The van der Waals surface area contributed by atoms with Crippen LogP contribution in [0.2, 0.25) is 10.0 Å². The monoisotopic (exact) mass is 366 g/mol.